The first kappa shape index (κ1) is 12.7. The Kier molecular flexibility index (Phi) is 3.68. The molecule has 0 aromatic carbocycles. The molecule has 8 heteroatoms. The molecule has 18 heavy (non-hydrogen) atoms. The average Bonchev–Trinajstić information content (AvgIpc) is 2.97. The highest BCUT2D eigenvalue weighted by molar-refractivity contribution is 7.15. The largest absolute Gasteiger partial charge is 0.374 e. The van der Waals surface area contributed by atoms with Gasteiger partial charge in [-0.3, -0.25) is 10.1 Å². The van der Waals surface area contributed by atoms with Crippen LogP contribution in [0.15, 0.2) is 12.5 Å². The predicted molar refractivity (Wildman–Crippen MR) is 66.5 cm³/mol. The highest BCUT2D eigenvalue weighted by Gasteiger charge is 2.15. The number of rotatable bonds is 4. The number of hydrogen-bond acceptors (Lipinski definition) is 6. The van der Waals surface area contributed by atoms with E-state index in [0.29, 0.717) is 10.8 Å². The maximum Gasteiger partial charge on any atom is 0.275 e. The Morgan fingerprint density at radius 1 is 1.56 bits per heavy atom. The molecule has 2 heterocycles. The minimum Gasteiger partial charge on any atom is -0.374 e. The summed E-state index contributed by atoms with van der Waals surface area (Å²) in [7, 11) is 3.35. The number of aromatic nitrogens is 4. The van der Waals surface area contributed by atoms with Crippen LogP contribution in [0.3, 0.4) is 0 Å². The maximum absolute atomic E-state index is 11.9. The summed E-state index contributed by atoms with van der Waals surface area (Å²) in [5.41, 5.74) is 0.464. The van der Waals surface area contributed by atoms with Crippen LogP contribution in [0.1, 0.15) is 28.5 Å². The van der Waals surface area contributed by atoms with Gasteiger partial charge in [-0.2, -0.15) is 0 Å². The van der Waals surface area contributed by atoms with Gasteiger partial charge in [0.1, 0.15) is 16.8 Å². The normalized spacial score (nSPS) is 12.4. The lowest BCUT2D eigenvalue weighted by molar-refractivity contribution is 0.101. The molecule has 1 unspecified atom stereocenters. The number of anilines is 1. The number of nitrogens with one attached hydrogen (secondary N) is 1. The Balaban J connectivity index is 2.08. The number of aryl methyl sites for hydroxylation is 1. The maximum atomic E-state index is 11.9. The van der Waals surface area contributed by atoms with Gasteiger partial charge in [0.15, 0.2) is 0 Å². The Hall–Kier alpha value is -1.80. The highest BCUT2D eigenvalue weighted by atomic mass is 32.1. The van der Waals surface area contributed by atoms with Crippen molar-refractivity contribution in [2.75, 3.05) is 12.4 Å². The van der Waals surface area contributed by atoms with E-state index in [0.717, 1.165) is 5.01 Å². The second kappa shape index (κ2) is 5.23. The molecule has 0 aliphatic rings. The van der Waals surface area contributed by atoms with Crippen LogP contribution >= 0.6 is 11.3 Å². The zero-order chi connectivity index (χ0) is 13.1. The zero-order valence-electron chi connectivity index (χ0n) is 10.2. The topological polar surface area (TPSA) is 81.9 Å². The summed E-state index contributed by atoms with van der Waals surface area (Å²) in [5, 5.41) is 11.7. The number of amides is 1. The van der Waals surface area contributed by atoms with Gasteiger partial charge in [0.05, 0.1) is 12.5 Å². The first-order valence-electron chi connectivity index (χ1n) is 5.25. The molecule has 0 aliphatic carbocycles. The fourth-order valence-electron chi connectivity index (χ4n) is 1.29. The zero-order valence-corrected chi connectivity index (χ0v) is 11.1. The number of imidazole rings is 1. The molecule has 0 saturated heterocycles. The molecule has 0 bridgehead atoms. The monoisotopic (exact) mass is 267 g/mol. The van der Waals surface area contributed by atoms with Crippen LogP contribution in [0.4, 0.5) is 5.13 Å². The average molecular weight is 267 g/mol. The molecular weight excluding hydrogens is 254 g/mol. The smallest absolute Gasteiger partial charge is 0.275 e. The van der Waals surface area contributed by atoms with Gasteiger partial charge in [-0.15, -0.1) is 10.2 Å². The van der Waals surface area contributed by atoms with Gasteiger partial charge in [0.2, 0.25) is 5.13 Å². The number of nitrogens with zero attached hydrogens (tertiary/aromatic N) is 4. The molecule has 1 atom stereocenters. The molecule has 2 aromatic heterocycles. The van der Waals surface area contributed by atoms with E-state index in [1.54, 1.807) is 25.1 Å². The quantitative estimate of drug-likeness (QED) is 0.901. The van der Waals surface area contributed by atoms with Crippen molar-refractivity contribution in [3.63, 3.8) is 0 Å². The van der Waals surface area contributed by atoms with Crippen LogP contribution in [0, 0.1) is 0 Å². The minimum absolute atomic E-state index is 0.134. The highest BCUT2D eigenvalue weighted by Crippen LogP contribution is 2.23. The Morgan fingerprint density at radius 2 is 2.33 bits per heavy atom. The van der Waals surface area contributed by atoms with E-state index in [1.165, 1.54) is 17.5 Å². The second-order valence-electron chi connectivity index (χ2n) is 3.67. The first-order chi connectivity index (χ1) is 8.61. The van der Waals surface area contributed by atoms with Crippen molar-refractivity contribution in [3.05, 3.63) is 23.2 Å². The number of methoxy groups -OCH3 is 1. The Morgan fingerprint density at radius 3 is 2.94 bits per heavy atom. The van der Waals surface area contributed by atoms with Gasteiger partial charge in [0.25, 0.3) is 5.91 Å². The molecule has 0 saturated carbocycles. The molecule has 2 aromatic rings. The Labute approximate surface area is 108 Å². The summed E-state index contributed by atoms with van der Waals surface area (Å²) in [5.74, 6) is -0.261. The van der Waals surface area contributed by atoms with E-state index in [4.69, 9.17) is 4.74 Å². The van der Waals surface area contributed by atoms with Gasteiger partial charge in [-0.05, 0) is 6.92 Å². The van der Waals surface area contributed by atoms with Crippen molar-refractivity contribution < 1.29 is 9.53 Å². The van der Waals surface area contributed by atoms with Crippen LogP contribution in [-0.2, 0) is 11.8 Å². The standard InChI is InChI=1S/C10H13N5O2S/c1-6(17-3)9-13-14-10(18-9)12-8(16)7-4-11-5-15(7)2/h4-6H,1-3H3,(H,12,14,16). The van der Waals surface area contributed by atoms with Crippen LogP contribution in [0.5, 0.6) is 0 Å². The van der Waals surface area contributed by atoms with Gasteiger partial charge in [-0.1, -0.05) is 11.3 Å². The number of carbonyl (C=O) groups excluding carboxylic acids is 1. The predicted octanol–water partition coefficient (Wildman–Crippen LogP) is 1.23. The van der Waals surface area contributed by atoms with Crippen LogP contribution in [0.25, 0.3) is 0 Å². The van der Waals surface area contributed by atoms with Crippen molar-refractivity contribution in [2.45, 2.75) is 13.0 Å². The van der Waals surface area contributed by atoms with E-state index in [1.807, 2.05) is 6.92 Å². The van der Waals surface area contributed by atoms with E-state index < -0.39 is 0 Å². The van der Waals surface area contributed by atoms with Crippen LogP contribution < -0.4 is 5.32 Å². The first-order valence-corrected chi connectivity index (χ1v) is 6.07. The van der Waals surface area contributed by atoms with E-state index in [2.05, 4.69) is 20.5 Å². The van der Waals surface area contributed by atoms with E-state index in [9.17, 15) is 4.79 Å². The Bertz CT molecular complexity index is 550. The third kappa shape index (κ3) is 2.54. The van der Waals surface area contributed by atoms with Crippen molar-refractivity contribution in [1.82, 2.24) is 19.7 Å². The van der Waals surface area contributed by atoms with Crippen molar-refractivity contribution >= 4 is 22.4 Å². The summed E-state index contributed by atoms with van der Waals surface area (Å²) in [6.07, 6.45) is 2.92. The summed E-state index contributed by atoms with van der Waals surface area (Å²) in [4.78, 5) is 15.8. The molecular formula is C10H13N5O2S. The second-order valence-corrected chi connectivity index (χ2v) is 4.68. The van der Waals surface area contributed by atoms with Gasteiger partial charge < -0.3 is 9.30 Å². The summed E-state index contributed by atoms with van der Waals surface area (Å²) in [6, 6.07) is 0. The number of ether oxygens (including phenoxy) is 1. The summed E-state index contributed by atoms with van der Waals surface area (Å²) >= 11 is 1.29. The molecule has 7 nitrogen and oxygen atoms in total. The summed E-state index contributed by atoms with van der Waals surface area (Å²) in [6.45, 7) is 1.87. The van der Waals surface area contributed by atoms with Crippen molar-refractivity contribution in [1.29, 1.82) is 0 Å². The fraction of sp³-hybridized carbons (Fsp3) is 0.400. The lowest BCUT2D eigenvalue weighted by Gasteiger charge is -2.02. The molecule has 0 fully saturated rings. The van der Waals surface area contributed by atoms with E-state index in [-0.39, 0.29) is 12.0 Å². The molecule has 0 aliphatic heterocycles. The van der Waals surface area contributed by atoms with Crippen LogP contribution in [0.2, 0.25) is 0 Å². The lowest BCUT2D eigenvalue weighted by Crippen LogP contribution is -2.15. The molecule has 0 spiro atoms. The van der Waals surface area contributed by atoms with Gasteiger partial charge >= 0.3 is 0 Å². The molecule has 0 radical (unpaired) electrons. The number of hydrogen-bond donors (Lipinski definition) is 1. The fourth-order valence-corrected chi connectivity index (χ4v) is 2.05. The number of carbonyl (C=O) groups is 1. The van der Waals surface area contributed by atoms with E-state index >= 15 is 0 Å². The van der Waals surface area contributed by atoms with Crippen molar-refractivity contribution in [2.24, 2.45) is 7.05 Å². The van der Waals surface area contributed by atoms with Crippen molar-refractivity contribution in [3.8, 4) is 0 Å². The summed E-state index contributed by atoms with van der Waals surface area (Å²) < 4.78 is 6.76. The molecule has 1 N–H and O–H groups in total. The third-order valence-electron chi connectivity index (χ3n) is 2.41. The third-order valence-corrected chi connectivity index (χ3v) is 3.41. The molecule has 96 valence electrons. The van der Waals surface area contributed by atoms with Gasteiger partial charge in [0, 0.05) is 14.2 Å². The van der Waals surface area contributed by atoms with Gasteiger partial charge in [-0.25, -0.2) is 4.98 Å². The minimum atomic E-state index is -0.261. The van der Waals surface area contributed by atoms with Crippen LogP contribution in [-0.4, -0.2) is 32.8 Å². The molecule has 1 amide bonds. The SMILES string of the molecule is COC(C)c1nnc(NC(=O)c2cncn2C)s1. The lowest BCUT2D eigenvalue weighted by atomic mass is 10.4. The molecule has 2 rings (SSSR count).